The lowest BCUT2D eigenvalue weighted by Crippen LogP contribution is -2.46. The summed E-state index contributed by atoms with van der Waals surface area (Å²) in [7, 11) is 1.51. The van der Waals surface area contributed by atoms with Crippen LogP contribution in [-0.2, 0) is 15.7 Å². The van der Waals surface area contributed by atoms with Gasteiger partial charge in [0.2, 0.25) is 5.91 Å². The van der Waals surface area contributed by atoms with Gasteiger partial charge in [-0.15, -0.1) is 0 Å². The second-order valence-electron chi connectivity index (χ2n) is 6.81. The zero-order valence-electron chi connectivity index (χ0n) is 16.3. The Labute approximate surface area is 171 Å². The number of rotatable bonds is 5. The van der Waals surface area contributed by atoms with E-state index in [1.807, 2.05) is 0 Å². The largest absolute Gasteiger partial charge is 0.457 e. The Kier molecular flexibility index (Phi) is 6.61. The highest BCUT2D eigenvalue weighted by Crippen LogP contribution is 2.32. The fraction of sp³-hybridized carbons (Fsp3) is 0.333. The normalized spacial score (nSPS) is 14.3. The quantitative estimate of drug-likeness (QED) is 0.741. The molecule has 0 N–H and O–H groups in total. The van der Waals surface area contributed by atoms with Crippen molar-refractivity contribution in [3.63, 3.8) is 0 Å². The van der Waals surface area contributed by atoms with E-state index in [1.165, 1.54) is 36.2 Å². The molecular weight excluding hydrogens is 401 g/mol. The van der Waals surface area contributed by atoms with E-state index in [-0.39, 0.29) is 29.5 Å². The molecule has 2 aromatic rings. The third-order valence-corrected chi connectivity index (χ3v) is 4.56. The van der Waals surface area contributed by atoms with Gasteiger partial charge in [0.25, 0.3) is 5.91 Å². The predicted molar refractivity (Wildman–Crippen MR) is 102 cm³/mol. The monoisotopic (exact) mass is 422 g/mol. The third kappa shape index (κ3) is 5.50. The van der Waals surface area contributed by atoms with Crippen molar-refractivity contribution in [2.24, 2.45) is 0 Å². The van der Waals surface area contributed by atoms with Crippen LogP contribution in [0.1, 0.15) is 15.9 Å². The van der Waals surface area contributed by atoms with Crippen LogP contribution in [-0.4, -0.2) is 61.5 Å². The number of ether oxygens (including phenoxy) is 2. The van der Waals surface area contributed by atoms with E-state index in [2.05, 4.69) is 0 Å². The molecule has 6 nitrogen and oxygen atoms in total. The van der Waals surface area contributed by atoms with Crippen molar-refractivity contribution < 1.29 is 32.2 Å². The highest BCUT2D eigenvalue weighted by Gasteiger charge is 2.30. The van der Waals surface area contributed by atoms with Crippen molar-refractivity contribution in [1.29, 1.82) is 0 Å². The lowest BCUT2D eigenvalue weighted by molar-refractivity contribution is -0.137. The predicted octanol–water partition coefficient (Wildman–Crippen LogP) is 3.43. The summed E-state index contributed by atoms with van der Waals surface area (Å²) in [5.41, 5.74) is -0.564. The number of nitrogens with zero attached hydrogens (tertiary/aromatic N) is 2. The van der Waals surface area contributed by atoms with Gasteiger partial charge in [0.15, 0.2) is 0 Å². The minimum Gasteiger partial charge on any atom is -0.457 e. The smallest absolute Gasteiger partial charge is 0.416 e. The molecule has 3 rings (SSSR count). The molecule has 0 aliphatic carbocycles. The fourth-order valence-corrected chi connectivity index (χ4v) is 2.97. The van der Waals surface area contributed by atoms with E-state index in [4.69, 9.17) is 9.47 Å². The number of benzene rings is 2. The zero-order chi connectivity index (χ0) is 21.7. The van der Waals surface area contributed by atoms with Crippen molar-refractivity contribution in [1.82, 2.24) is 9.80 Å². The topological polar surface area (TPSA) is 59.1 Å². The van der Waals surface area contributed by atoms with Gasteiger partial charge >= 0.3 is 6.18 Å². The fourth-order valence-electron chi connectivity index (χ4n) is 2.97. The van der Waals surface area contributed by atoms with Gasteiger partial charge in [-0.25, -0.2) is 0 Å². The molecule has 0 aromatic heterocycles. The Bertz CT molecular complexity index is 911. The van der Waals surface area contributed by atoms with Crippen LogP contribution in [0.5, 0.6) is 11.5 Å². The van der Waals surface area contributed by atoms with Crippen LogP contribution in [0.4, 0.5) is 13.2 Å². The van der Waals surface area contributed by atoms with Crippen LogP contribution in [0.3, 0.4) is 0 Å². The Hall–Kier alpha value is -3.07. The van der Waals surface area contributed by atoms with E-state index >= 15 is 0 Å². The SMILES string of the molecule is CN(CC(=O)N1CCOCC1)C(=O)c1cccc(Oc2cccc(C(F)(F)F)c2)c1. The van der Waals surface area contributed by atoms with Crippen molar-refractivity contribution in [2.45, 2.75) is 6.18 Å². The first kappa shape index (κ1) is 21.6. The van der Waals surface area contributed by atoms with E-state index in [1.54, 1.807) is 17.0 Å². The van der Waals surface area contributed by atoms with Crippen LogP contribution in [0.2, 0.25) is 0 Å². The number of carbonyl (C=O) groups excluding carboxylic acids is 2. The molecule has 0 saturated carbocycles. The minimum absolute atomic E-state index is 0.00488. The molecule has 1 heterocycles. The number of hydrogen-bond acceptors (Lipinski definition) is 4. The van der Waals surface area contributed by atoms with Crippen LogP contribution in [0, 0.1) is 0 Å². The number of amides is 2. The van der Waals surface area contributed by atoms with Crippen LogP contribution < -0.4 is 4.74 Å². The third-order valence-electron chi connectivity index (χ3n) is 4.56. The van der Waals surface area contributed by atoms with Crippen LogP contribution in [0.25, 0.3) is 0 Å². The molecule has 0 unspecified atom stereocenters. The molecule has 1 fully saturated rings. The Balaban J connectivity index is 1.67. The second kappa shape index (κ2) is 9.17. The van der Waals surface area contributed by atoms with Gasteiger partial charge in [0.05, 0.1) is 25.3 Å². The number of carbonyl (C=O) groups is 2. The zero-order valence-corrected chi connectivity index (χ0v) is 16.3. The molecular formula is C21H21F3N2O4. The number of likely N-dealkylation sites (N-methyl/N-ethyl adjacent to an activating group) is 1. The maximum atomic E-state index is 12.9. The molecule has 0 atom stereocenters. The van der Waals surface area contributed by atoms with Gasteiger partial charge in [-0.05, 0) is 36.4 Å². The summed E-state index contributed by atoms with van der Waals surface area (Å²) >= 11 is 0. The summed E-state index contributed by atoms with van der Waals surface area (Å²) in [6, 6.07) is 10.6. The molecule has 1 aliphatic heterocycles. The highest BCUT2D eigenvalue weighted by molar-refractivity contribution is 5.96. The molecule has 30 heavy (non-hydrogen) atoms. The lowest BCUT2D eigenvalue weighted by atomic mass is 10.2. The van der Waals surface area contributed by atoms with Crippen LogP contribution >= 0.6 is 0 Å². The van der Waals surface area contributed by atoms with Crippen molar-refractivity contribution in [3.05, 3.63) is 59.7 Å². The summed E-state index contributed by atoms with van der Waals surface area (Å²) in [6.07, 6.45) is -4.48. The summed E-state index contributed by atoms with van der Waals surface area (Å²) in [5.74, 6) is -0.352. The molecule has 0 spiro atoms. The minimum atomic E-state index is -4.48. The molecule has 2 amide bonds. The van der Waals surface area contributed by atoms with E-state index < -0.39 is 17.6 Å². The Morgan fingerprint density at radius 2 is 1.70 bits per heavy atom. The van der Waals surface area contributed by atoms with E-state index in [0.717, 1.165) is 12.1 Å². The molecule has 160 valence electrons. The van der Waals surface area contributed by atoms with Gasteiger partial charge in [0, 0.05) is 25.7 Å². The average molecular weight is 422 g/mol. The van der Waals surface area contributed by atoms with Gasteiger partial charge < -0.3 is 19.3 Å². The maximum Gasteiger partial charge on any atom is 0.416 e. The molecule has 9 heteroatoms. The van der Waals surface area contributed by atoms with Gasteiger partial charge in [-0.3, -0.25) is 9.59 Å². The van der Waals surface area contributed by atoms with E-state index in [0.29, 0.717) is 26.3 Å². The van der Waals surface area contributed by atoms with Crippen molar-refractivity contribution >= 4 is 11.8 Å². The summed E-state index contributed by atoms with van der Waals surface area (Å²) in [6.45, 7) is 1.83. The molecule has 1 aliphatic rings. The maximum absolute atomic E-state index is 12.9. The van der Waals surface area contributed by atoms with Gasteiger partial charge in [0.1, 0.15) is 11.5 Å². The van der Waals surface area contributed by atoms with E-state index in [9.17, 15) is 22.8 Å². The standard InChI is InChI=1S/C21H21F3N2O4/c1-25(14-19(27)26-8-10-29-11-9-26)20(28)15-4-2-6-17(12-15)30-18-7-3-5-16(13-18)21(22,23)24/h2-7,12-13H,8-11,14H2,1H3. The Morgan fingerprint density at radius 1 is 1.07 bits per heavy atom. The number of alkyl halides is 3. The summed E-state index contributed by atoms with van der Waals surface area (Å²) in [5, 5.41) is 0. The summed E-state index contributed by atoms with van der Waals surface area (Å²) in [4.78, 5) is 27.9. The highest BCUT2D eigenvalue weighted by atomic mass is 19.4. The molecule has 0 radical (unpaired) electrons. The van der Waals surface area contributed by atoms with Gasteiger partial charge in [-0.1, -0.05) is 12.1 Å². The van der Waals surface area contributed by atoms with Crippen molar-refractivity contribution in [3.8, 4) is 11.5 Å². The Morgan fingerprint density at radius 3 is 2.37 bits per heavy atom. The average Bonchev–Trinajstić information content (AvgIpc) is 2.73. The number of morpholine rings is 1. The van der Waals surface area contributed by atoms with Crippen LogP contribution in [0.15, 0.2) is 48.5 Å². The summed E-state index contributed by atoms with van der Waals surface area (Å²) < 4.78 is 49.3. The molecule has 2 aromatic carbocycles. The van der Waals surface area contributed by atoms with Crippen molar-refractivity contribution in [2.75, 3.05) is 39.9 Å². The second-order valence-corrected chi connectivity index (χ2v) is 6.81. The molecule has 1 saturated heterocycles. The number of halogens is 3. The molecule has 0 bridgehead atoms. The first-order valence-electron chi connectivity index (χ1n) is 9.30. The lowest BCUT2D eigenvalue weighted by Gasteiger charge is -2.28. The first-order valence-corrected chi connectivity index (χ1v) is 9.30. The number of hydrogen-bond donors (Lipinski definition) is 0. The first-order chi connectivity index (χ1) is 14.2. The van der Waals surface area contributed by atoms with Gasteiger partial charge in [-0.2, -0.15) is 13.2 Å².